The zero-order valence-electron chi connectivity index (χ0n) is 14.4. The van der Waals surface area contributed by atoms with Gasteiger partial charge in [-0.1, -0.05) is 24.3 Å². The van der Waals surface area contributed by atoms with Crippen molar-refractivity contribution in [3.8, 4) is 0 Å². The van der Waals surface area contributed by atoms with E-state index < -0.39 is 26.6 Å². The standard InChI is InChI=1S/C19H17F2N3O2S/c20-15-5-3-6-16(21)19(15)27(25,26)24-12-10-23(11-13-24)18-9-8-14-4-1-2-7-17(14)22-18/h1-9H,10-13H2/p+1. The number of para-hydroxylation sites is 1. The van der Waals surface area contributed by atoms with Gasteiger partial charge in [0.1, 0.15) is 17.2 Å². The van der Waals surface area contributed by atoms with Gasteiger partial charge in [0.05, 0.1) is 26.2 Å². The summed E-state index contributed by atoms with van der Waals surface area (Å²) in [6.07, 6.45) is 0. The molecule has 1 saturated heterocycles. The van der Waals surface area contributed by atoms with Crippen molar-refractivity contribution in [3.05, 3.63) is 66.2 Å². The molecule has 4 rings (SSSR count). The van der Waals surface area contributed by atoms with Crippen LogP contribution in [0.1, 0.15) is 0 Å². The van der Waals surface area contributed by atoms with E-state index in [4.69, 9.17) is 0 Å². The summed E-state index contributed by atoms with van der Waals surface area (Å²) < 4.78 is 54.3. The first-order valence-corrected chi connectivity index (χ1v) is 10.0. The van der Waals surface area contributed by atoms with Gasteiger partial charge in [0.15, 0.2) is 4.90 Å². The van der Waals surface area contributed by atoms with Crippen LogP contribution in [-0.2, 0) is 10.0 Å². The maximum absolute atomic E-state index is 13.9. The monoisotopic (exact) mass is 390 g/mol. The zero-order valence-corrected chi connectivity index (χ0v) is 15.2. The Morgan fingerprint density at radius 1 is 0.815 bits per heavy atom. The number of hydrogen-bond acceptors (Lipinski definition) is 3. The molecule has 140 valence electrons. The van der Waals surface area contributed by atoms with Crippen LogP contribution >= 0.6 is 0 Å². The van der Waals surface area contributed by atoms with Gasteiger partial charge in [-0.05, 0) is 24.3 Å². The highest BCUT2D eigenvalue weighted by Gasteiger charge is 2.35. The molecule has 1 aromatic heterocycles. The average Bonchev–Trinajstić information content (AvgIpc) is 2.67. The molecule has 0 spiro atoms. The Bertz CT molecular complexity index is 1080. The molecule has 0 bridgehead atoms. The fraction of sp³-hybridized carbons (Fsp3) is 0.211. The quantitative estimate of drug-likeness (QED) is 0.690. The summed E-state index contributed by atoms with van der Waals surface area (Å²) in [6.45, 7) is 1.14. The highest BCUT2D eigenvalue weighted by atomic mass is 32.2. The van der Waals surface area contributed by atoms with E-state index >= 15 is 0 Å². The maximum Gasteiger partial charge on any atom is 0.274 e. The first-order chi connectivity index (χ1) is 13.0. The number of anilines is 1. The van der Waals surface area contributed by atoms with Crippen molar-refractivity contribution in [2.24, 2.45) is 0 Å². The molecule has 8 heteroatoms. The normalized spacial score (nSPS) is 16.0. The van der Waals surface area contributed by atoms with Gasteiger partial charge in [-0.2, -0.15) is 4.31 Å². The predicted octanol–water partition coefficient (Wildman–Crippen LogP) is 2.44. The summed E-state index contributed by atoms with van der Waals surface area (Å²) in [4.78, 5) is 4.48. The molecule has 5 nitrogen and oxygen atoms in total. The van der Waals surface area contributed by atoms with Crippen molar-refractivity contribution in [1.29, 1.82) is 0 Å². The van der Waals surface area contributed by atoms with E-state index in [-0.39, 0.29) is 13.1 Å². The minimum absolute atomic E-state index is 0.150. The molecule has 0 aliphatic carbocycles. The second-order valence-corrected chi connectivity index (χ2v) is 8.25. The molecule has 2 heterocycles. The van der Waals surface area contributed by atoms with Gasteiger partial charge in [-0.25, -0.2) is 22.2 Å². The summed E-state index contributed by atoms with van der Waals surface area (Å²) in [5.41, 5.74) is 0.985. The molecule has 27 heavy (non-hydrogen) atoms. The Kier molecular flexibility index (Phi) is 4.53. The number of sulfonamides is 1. The number of H-pyrrole nitrogens is 1. The van der Waals surface area contributed by atoms with Gasteiger partial charge >= 0.3 is 0 Å². The summed E-state index contributed by atoms with van der Waals surface area (Å²) in [5.74, 6) is -1.26. The van der Waals surface area contributed by atoms with Crippen LogP contribution in [0.5, 0.6) is 0 Å². The SMILES string of the molecule is O=S(=O)(c1c(F)cccc1F)N1CCN(c2ccc3ccccc3[nH+]2)CC1. The van der Waals surface area contributed by atoms with E-state index in [0.29, 0.717) is 13.1 Å². The number of nitrogens with zero attached hydrogens (tertiary/aromatic N) is 2. The van der Waals surface area contributed by atoms with Crippen LogP contribution in [-0.4, -0.2) is 38.9 Å². The Balaban J connectivity index is 1.54. The molecule has 1 fully saturated rings. The number of benzene rings is 2. The van der Waals surface area contributed by atoms with Crippen LogP contribution < -0.4 is 9.88 Å². The minimum Gasteiger partial charge on any atom is -0.259 e. The number of halogens is 2. The average molecular weight is 390 g/mol. The third-order valence-electron chi connectivity index (χ3n) is 4.74. The molecule has 0 radical (unpaired) electrons. The molecular formula is C19H18F2N3O2S+. The van der Waals surface area contributed by atoms with E-state index in [0.717, 1.165) is 39.2 Å². The van der Waals surface area contributed by atoms with E-state index in [2.05, 4.69) is 4.98 Å². The third-order valence-corrected chi connectivity index (χ3v) is 6.69. The lowest BCUT2D eigenvalue weighted by molar-refractivity contribution is -0.330. The molecule has 0 saturated carbocycles. The van der Waals surface area contributed by atoms with Crippen LogP contribution in [0, 0.1) is 11.6 Å². The Morgan fingerprint density at radius 3 is 2.19 bits per heavy atom. The number of aromatic nitrogens is 1. The Hall–Kier alpha value is -2.58. The lowest BCUT2D eigenvalue weighted by Crippen LogP contribution is -2.50. The van der Waals surface area contributed by atoms with Crippen LogP contribution in [0.4, 0.5) is 14.6 Å². The second-order valence-electron chi connectivity index (χ2n) is 6.37. The van der Waals surface area contributed by atoms with Gasteiger partial charge in [0.25, 0.3) is 5.82 Å². The first-order valence-electron chi connectivity index (χ1n) is 8.57. The van der Waals surface area contributed by atoms with Crippen molar-refractivity contribution < 1.29 is 22.2 Å². The molecule has 0 amide bonds. The van der Waals surface area contributed by atoms with Gasteiger partial charge in [-0.3, -0.25) is 4.90 Å². The first kappa shape index (κ1) is 17.8. The van der Waals surface area contributed by atoms with Gasteiger partial charge in [0, 0.05) is 11.5 Å². The number of hydrogen-bond donors (Lipinski definition) is 0. The minimum atomic E-state index is -4.22. The smallest absolute Gasteiger partial charge is 0.259 e. The van der Waals surface area contributed by atoms with Gasteiger partial charge < -0.3 is 0 Å². The molecule has 2 aromatic carbocycles. The van der Waals surface area contributed by atoms with Gasteiger partial charge in [0.2, 0.25) is 10.0 Å². The fourth-order valence-corrected chi connectivity index (χ4v) is 4.85. The molecule has 1 N–H and O–H groups in total. The topological polar surface area (TPSA) is 54.8 Å². The molecule has 0 atom stereocenters. The fourth-order valence-electron chi connectivity index (χ4n) is 3.32. The number of aromatic amines is 1. The van der Waals surface area contributed by atoms with Crippen LogP contribution in [0.25, 0.3) is 10.9 Å². The number of fused-ring (bicyclic) bond motifs is 1. The Morgan fingerprint density at radius 2 is 1.48 bits per heavy atom. The molecule has 1 aliphatic heterocycles. The maximum atomic E-state index is 13.9. The zero-order chi connectivity index (χ0) is 19.0. The number of piperazine rings is 1. The van der Waals surface area contributed by atoms with Crippen molar-refractivity contribution in [2.45, 2.75) is 4.90 Å². The van der Waals surface area contributed by atoms with Crippen molar-refractivity contribution in [2.75, 3.05) is 31.1 Å². The largest absolute Gasteiger partial charge is 0.274 e. The van der Waals surface area contributed by atoms with Crippen molar-refractivity contribution in [3.63, 3.8) is 0 Å². The predicted molar refractivity (Wildman–Crippen MR) is 97.8 cm³/mol. The third kappa shape index (κ3) is 3.26. The molecular weight excluding hydrogens is 372 g/mol. The van der Waals surface area contributed by atoms with E-state index in [9.17, 15) is 17.2 Å². The second kappa shape index (κ2) is 6.86. The molecule has 1 aliphatic rings. The Labute approximate surface area is 155 Å². The summed E-state index contributed by atoms with van der Waals surface area (Å²) in [6, 6.07) is 14.9. The summed E-state index contributed by atoms with van der Waals surface area (Å²) >= 11 is 0. The highest BCUT2D eigenvalue weighted by Crippen LogP contribution is 2.24. The van der Waals surface area contributed by atoms with E-state index in [1.54, 1.807) is 0 Å². The van der Waals surface area contributed by atoms with E-state index in [1.807, 2.05) is 41.3 Å². The lowest BCUT2D eigenvalue weighted by atomic mass is 10.2. The van der Waals surface area contributed by atoms with Crippen LogP contribution in [0.15, 0.2) is 59.5 Å². The van der Waals surface area contributed by atoms with Crippen molar-refractivity contribution >= 4 is 26.7 Å². The van der Waals surface area contributed by atoms with Gasteiger partial charge in [-0.15, -0.1) is 0 Å². The summed E-state index contributed by atoms with van der Waals surface area (Å²) in [7, 11) is -4.22. The van der Waals surface area contributed by atoms with Crippen LogP contribution in [0.3, 0.4) is 0 Å². The number of nitrogens with one attached hydrogen (secondary N) is 1. The summed E-state index contributed by atoms with van der Waals surface area (Å²) in [5, 5.41) is 1.08. The molecule has 0 unspecified atom stereocenters. The highest BCUT2D eigenvalue weighted by molar-refractivity contribution is 7.89. The van der Waals surface area contributed by atoms with Crippen LogP contribution in [0.2, 0.25) is 0 Å². The van der Waals surface area contributed by atoms with Crippen molar-refractivity contribution in [1.82, 2.24) is 4.31 Å². The lowest BCUT2D eigenvalue weighted by Gasteiger charge is -2.30. The number of rotatable bonds is 3. The molecule has 3 aromatic rings. The number of pyridine rings is 1. The van der Waals surface area contributed by atoms with E-state index in [1.165, 1.54) is 0 Å².